The van der Waals surface area contributed by atoms with Crippen LogP contribution in [0.2, 0.25) is 0 Å². The molecule has 0 fully saturated rings. The Morgan fingerprint density at radius 2 is 2.09 bits per heavy atom. The van der Waals surface area contributed by atoms with E-state index in [2.05, 4.69) is 0 Å². The summed E-state index contributed by atoms with van der Waals surface area (Å²) in [6.07, 6.45) is 5.11. The summed E-state index contributed by atoms with van der Waals surface area (Å²) >= 11 is 0. The highest BCUT2D eigenvalue weighted by Crippen LogP contribution is 2.28. The average molecular weight is 156 g/mol. The van der Waals surface area contributed by atoms with Crippen molar-refractivity contribution in [2.24, 2.45) is 5.92 Å². The molecule has 1 aliphatic carbocycles. The predicted octanol–water partition coefficient (Wildman–Crippen LogP) is 1.08. The van der Waals surface area contributed by atoms with Gasteiger partial charge in [0.05, 0.1) is 11.7 Å². The summed E-state index contributed by atoms with van der Waals surface area (Å²) in [6, 6.07) is 0. The van der Waals surface area contributed by atoms with Crippen LogP contribution in [-0.4, -0.2) is 21.9 Å². The van der Waals surface area contributed by atoms with E-state index in [0.717, 1.165) is 12.8 Å². The van der Waals surface area contributed by atoms with Crippen LogP contribution in [0.25, 0.3) is 0 Å². The molecule has 0 aromatic heterocycles. The molecule has 2 nitrogen and oxygen atoms in total. The van der Waals surface area contributed by atoms with E-state index in [1.165, 1.54) is 0 Å². The molecule has 64 valence electrons. The molecule has 0 heterocycles. The van der Waals surface area contributed by atoms with Gasteiger partial charge in [-0.25, -0.2) is 0 Å². The molecule has 1 unspecified atom stereocenters. The Kier molecular flexibility index (Phi) is 2.35. The van der Waals surface area contributed by atoms with Crippen molar-refractivity contribution in [3.63, 3.8) is 0 Å². The summed E-state index contributed by atoms with van der Waals surface area (Å²) in [5, 5.41) is 19.1. The van der Waals surface area contributed by atoms with Crippen molar-refractivity contribution in [2.45, 2.75) is 38.4 Å². The number of hydrogen-bond donors (Lipinski definition) is 2. The van der Waals surface area contributed by atoms with Crippen LogP contribution in [0.1, 0.15) is 26.7 Å². The standard InChI is InChI=1S/C9H16O2/c1-9(2,11)7-5-3-4-6-8(7)10/h4,6-8,10-11H,3,5H2,1-2H3/t7-,8?/m1/s1. The highest BCUT2D eigenvalue weighted by molar-refractivity contribution is 5.01. The first-order chi connectivity index (χ1) is 5.02. The van der Waals surface area contributed by atoms with Crippen molar-refractivity contribution in [3.8, 4) is 0 Å². The first-order valence-electron chi connectivity index (χ1n) is 4.09. The van der Waals surface area contributed by atoms with Gasteiger partial charge in [-0.2, -0.15) is 0 Å². The Morgan fingerprint density at radius 1 is 1.45 bits per heavy atom. The molecule has 0 saturated carbocycles. The van der Waals surface area contributed by atoms with Gasteiger partial charge in [0.15, 0.2) is 0 Å². The summed E-state index contributed by atoms with van der Waals surface area (Å²) in [7, 11) is 0. The van der Waals surface area contributed by atoms with Gasteiger partial charge >= 0.3 is 0 Å². The zero-order valence-electron chi connectivity index (χ0n) is 7.12. The molecule has 0 aliphatic heterocycles. The second-order valence-corrected chi connectivity index (χ2v) is 3.76. The van der Waals surface area contributed by atoms with Crippen LogP contribution in [0, 0.1) is 5.92 Å². The van der Waals surface area contributed by atoms with Crippen LogP contribution in [0.15, 0.2) is 12.2 Å². The van der Waals surface area contributed by atoms with Crippen molar-refractivity contribution >= 4 is 0 Å². The zero-order valence-corrected chi connectivity index (χ0v) is 7.12. The molecule has 11 heavy (non-hydrogen) atoms. The minimum atomic E-state index is -0.760. The van der Waals surface area contributed by atoms with E-state index in [1.807, 2.05) is 6.08 Å². The Hall–Kier alpha value is -0.340. The fraction of sp³-hybridized carbons (Fsp3) is 0.778. The lowest BCUT2D eigenvalue weighted by molar-refractivity contribution is -0.0369. The number of hydrogen-bond acceptors (Lipinski definition) is 2. The van der Waals surface area contributed by atoms with Gasteiger partial charge in [0.25, 0.3) is 0 Å². The molecule has 2 heteroatoms. The molecular weight excluding hydrogens is 140 g/mol. The second kappa shape index (κ2) is 2.95. The van der Waals surface area contributed by atoms with Gasteiger partial charge in [-0.1, -0.05) is 12.2 Å². The molecule has 2 atom stereocenters. The van der Waals surface area contributed by atoms with E-state index in [-0.39, 0.29) is 5.92 Å². The summed E-state index contributed by atoms with van der Waals surface area (Å²) in [4.78, 5) is 0. The topological polar surface area (TPSA) is 40.5 Å². The molecule has 0 bridgehead atoms. The molecule has 2 N–H and O–H groups in total. The van der Waals surface area contributed by atoms with Gasteiger partial charge in [-0.15, -0.1) is 0 Å². The van der Waals surface area contributed by atoms with Crippen molar-refractivity contribution in [3.05, 3.63) is 12.2 Å². The molecule has 0 radical (unpaired) electrons. The van der Waals surface area contributed by atoms with Crippen molar-refractivity contribution in [2.75, 3.05) is 0 Å². The zero-order chi connectivity index (χ0) is 8.48. The number of rotatable bonds is 1. The minimum Gasteiger partial charge on any atom is -0.390 e. The van der Waals surface area contributed by atoms with E-state index in [1.54, 1.807) is 19.9 Å². The molecule has 1 aliphatic rings. The molecule has 0 saturated heterocycles. The van der Waals surface area contributed by atoms with Crippen LogP contribution in [0.3, 0.4) is 0 Å². The number of allylic oxidation sites excluding steroid dienone is 1. The molecule has 0 amide bonds. The molecule has 0 spiro atoms. The van der Waals surface area contributed by atoms with Gasteiger partial charge in [0, 0.05) is 5.92 Å². The third kappa shape index (κ3) is 2.04. The van der Waals surface area contributed by atoms with Crippen LogP contribution >= 0.6 is 0 Å². The van der Waals surface area contributed by atoms with Gasteiger partial charge < -0.3 is 10.2 Å². The Balaban J connectivity index is 2.65. The van der Waals surface area contributed by atoms with E-state index < -0.39 is 11.7 Å². The average Bonchev–Trinajstić information content (AvgIpc) is 1.86. The van der Waals surface area contributed by atoms with Crippen molar-refractivity contribution in [1.82, 2.24) is 0 Å². The van der Waals surface area contributed by atoms with Gasteiger partial charge in [-0.05, 0) is 26.7 Å². The second-order valence-electron chi connectivity index (χ2n) is 3.76. The smallest absolute Gasteiger partial charge is 0.0776 e. The highest BCUT2D eigenvalue weighted by atomic mass is 16.3. The quantitative estimate of drug-likeness (QED) is 0.558. The largest absolute Gasteiger partial charge is 0.390 e. The Bertz CT molecular complexity index is 155. The first-order valence-corrected chi connectivity index (χ1v) is 4.09. The summed E-state index contributed by atoms with van der Waals surface area (Å²) < 4.78 is 0. The normalized spacial score (nSPS) is 32.4. The third-order valence-corrected chi connectivity index (χ3v) is 2.30. The number of aliphatic hydroxyl groups is 2. The first kappa shape index (κ1) is 8.75. The van der Waals surface area contributed by atoms with Gasteiger partial charge in [0.1, 0.15) is 0 Å². The van der Waals surface area contributed by atoms with E-state index >= 15 is 0 Å². The van der Waals surface area contributed by atoms with Gasteiger partial charge in [-0.3, -0.25) is 0 Å². The fourth-order valence-corrected chi connectivity index (χ4v) is 1.59. The molecule has 0 aromatic rings. The summed E-state index contributed by atoms with van der Waals surface area (Å²) in [5.74, 6) is -0.00694. The summed E-state index contributed by atoms with van der Waals surface area (Å²) in [6.45, 7) is 3.50. The highest BCUT2D eigenvalue weighted by Gasteiger charge is 2.32. The van der Waals surface area contributed by atoms with Crippen LogP contribution in [0.5, 0.6) is 0 Å². The van der Waals surface area contributed by atoms with Crippen LogP contribution in [0.4, 0.5) is 0 Å². The van der Waals surface area contributed by atoms with Crippen LogP contribution < -0.4 is 0 Å². The molecule has 0 aromatic carbocycles. The van der Waals surface area contributed by atoms with Crippen molar-refractivity contribution in [1.29, 1.82) is 0 Å². The lowest BCUT2D eigenvalue weighted by Gasteiger charge is -2.33. The fourth-order valence-electron chi connectivity index (χ4n) is 1.59. The van der Waals surface area contributed by atoms with E-state index in [9.17, 15) is 10.2 Å². The lowest BCUT2D eigenvalue weighted by atomic mass is 9.80. The predicted molar refractivity (Wildman–Crippen MR) is 44.2 cm³/mol. The maximum absolute atomic E-state index is 9.62. The monoisotopic (exact) mass is 156 g/mol. The Morgan fingerprint density at radius 3 is 2.45 bits per heavy atom. The number of aliphatic hydroxyl groups excluding tert-OH is 1. The van der Waals surface area contributed by atoms with Crippen molar-refractivity contribution < 1.29 is 10.2 Å². The maximum Gasteiger partial charge on any atom is 0.0776 e. The molecular formula is C9H16O2. The molecule has 1 rings (SSSR count). The lowest BCUT2D eigenvalue weighted by Crippen LogP contribution is -2.39. The SMILES string of the molecule is CC(C)(O)[C@@H]1CCC=CC1O. The Labute approximate surface area is 67.6 Å². The minimum absolute atomic E-state index is 0.00694. The van der Waals surface area contributed by atoms with Gasteiger partial charge in [0.2, 0.25) is 0 Å². The van der Waals surface area contributed by atoms with Crippen LogP contribution in [-0.2, 0) is 0 Å². The van der Waals surface area contributed by atoms with E-state index in [4.69, 9.17) is 0 Å². The maximum atomic E-state index is 9.62. The third-order valence-electron chi connectivity index (χ3n) is 2.30. The summed E-state index contributed by atoms with van der Waals surface area (Å²) in [5.41, 5.74) is -0.760. The van der Waals surface area contributed by atoms with E-state index in [0.29, 0.717) is 0 Å².